The highest BCUT2D eigenvalue weighted by atomic mass is 32.2. The van der Waals surface area contributed by atoms with Gasteiger partial charge in [0, 0.05) is 23.6 Å². The molecule has 0 aliphatic rings. The van der Waals surface area contributed by atoms with Crippen molar-refractivity contribution in [3.8, 4) is 10.4 Å². The van der Waals surface area contributed by atoms with E-state index >= 15 is 0 Å². The Labute approximate surface area is 148 Å². The third-order valence-corrected chi connectivity index (χ3v) is 5.42. The minimum absolute atomic E-state index is 0.183. The van der Waals surface area contributed by atoms with Gasteiger partial charge in [-0.3, -0.25) is 0 Å². The summed E-state index contributed by atoms with van der Waals surface area (Å²) < 4.78 is 29.6. The SMILES string of the molecule is CN(c1ccco1)c1cc(C(=O)O)cc(S(N)(=O)=O)c1-c1cccs1. The number of anilines is 2. The van der Waals surface area contributed by atoms with Crippen LogP contribution in [0.4, 0.5) is 11.6 Å². The maximum absolute atomic E-state index is 12.1. The number of furan rings is 1. The standard InChI is InChI=1S/C16H14N2O5S2/c1-18(14-5-2-6-23-14)11-8-10(16(19)20)9-13(25(17,21)22)15(11)12-4-3-7-24-12/h2-9H,1H3,(H,19,20)(H2,17,21,22). The second-order valence-corrected chi connectivity index (χ2v) is 7.68. The average molecular weight is 378 g/mol. The van der Waals surface area contributed by atoms with Gasteiger partial charge in [-0.1, -0.05) is 6.07 Å². The number of nitrogens with zero attached hydrogens (tertiary/aromatic N) is 1. The number of carboxylic acid groups (broad SMARTS) is 1. The molecule has 7 nitrogen and oxygen atoms in total. The fraction of sp³-hybridized carbons (Fsp3) is 0.0625. The number of primary sulfonamides is 1. The zero-order chi connectivity index (χ0) is 18.2. The number of thiophene rings is 1. The third kappa shape index (κ3) is 3.29. The van der Waals surface area contributed by atoms with Crippen molar-refractivity contribution in [2.45, 2.75) is 4.90 Å². The number of hydrogen-bond acceptors (Lipinski definition) is 6. The van der Waals surface area contributed by atoms with Gasteiger partial charge in [-0.2, -0.15) is 0 Å². The van der Waals surface area contributed by atoms with Crippen LogP contribution < -0.4 is 10.0 Å². The van der Waals surface area contributed by atoms with Gasteiger partial charge in [0.15, 0.2) is 5.88 Å². The first-order chi connectivity index (χ1) is 11.8. The van der Waals surface area contributed by atoms with Crippen LogP contribution in [0.2, 0.25) is 0 Å². The van der Waals surface area contributed by atoms with Crippen molar-refractivity contribution in [2.24, 2.45) is 5.14 Å². The molecule has 0 bridgehead atoms. The van der Waals surface area contributed by atoms with E-state index in [2.05, 4.69) is 0 Å². The van der Waals surface area contributed by atoms with Gasteiger partial charge in [0.1, 0.15) is 0 Å². The summed E-state index contributed by atoms with van der Waals surface area (Å²) >= 11 is 1.32. The van der Waals surface area contributed by atoms with Crippen molar-refractivity contribution in [3.05, 3.63) is 53.6 Å². The highest BCUT2D eigenvalue weighted by molar-refractivity contribution is 7.89. The van der Waals surface area contributed by atoms with Crippen LogP contribution >= 0.6 is 11.3 Å². The molecule has 25 heavy (non-hydrogen) atoms. The third-order valence-electron chi connectivity index (χ3n) is 3.60. The molecular formula is C16H14N2O5S2. The van der Waals surface area contributed by atoms with Gasteiger partial charge in [0.2, 0.25) is 10.0 Å². The van der Waals surface area contributed by atoms with Crippen molar-refractivity contribution < 1.29 is 22.7 Å². The maximum Gasteiger partial charge on any atom is 0.335 e. The normalized spacial score (nSPS) is 11.4. The number of carboxylic acids is 1. The first-order valence-corrected chi connectivity index (χ1v) is 9.47. The van der Waals surface area contributed by atoms with Crippen LogP contribution in [-0.4, -0.2) is 26.5 Å². The molecule has 130 valence electrons. The molecule has 3 N–H and O–H groups in total. The number of benzene rings is 1. The molecule has 3 rings (SSSR count). The Morgan fingerprint density at radius 2 is 2.04 bits per heavy atom. The smallest absolute Gasteiger partial charge is 0.335 e. The molecule has 0 aliphatic heterocycles. The van der Waals surface area contributed by atoms with Crippen molar-refractivity contribution in [3.63, 3.8) is 0 Å². The number of nitrogens with two attached hydrogens (primary N) is 1. The van der Waals surface area contributed by atoms with Crippen LogP contribution in [0.5, 0.6) is 0 Å². The van der Waals surface area contributed by atoms with Gasteiger partial charge < -0.3 is 14.4 Å². The summed E-state index contributed by atoms with van der Waals surface area (Å²) in [6, 6.07) is 9.35. The molecule has 0 fully saturated rings. The van der Waals surface area contributed by atoms with Gasteiger partial charge in [0.25, 0.3) is 0 Å². The van der Waals surface area contributed by atoms with Crippen molar-refractivity contribution in [1.82, 2.24) is 0 Å². The summed E-state index contributed by atoms with van der Waals surface area (Å²) in [7, 11) is -2.50. The molecule has 1 aromatic carbocycles. The van der Waals surface area contributed by atoms with Crippen LogP contribution in [0.25, 0.3) is 10.4 Å². The highest BCUT2D eigenvalue weighted by Crippen LogP contribution is 2.41. The number of aromatic carboxylic acids is 1. The summed E-state index contributed by atoms with van der Waals surface area (Å²) in [4.78, 5) is 13.4. The lowest BCUT2D eigenvalue weighted by Gasteiger charge is -2.22. The lowest BCUT2D eigenvalue weighted by atomic mass is 10.1. The van der Waals surface area contributed by atoms with Crippen molar-refractivity contribution in [1.29, 1.82) is 0 Å². The zero-order valence-electron chi connectivity index (χ0n) is 13.0. The zero-order valence-corrected chi connectivity index (χ0v) is 14.7. The van der Waals surface area contributed by atoms with E-state index in [4.69, 9.17) is 9.56 Å². The van der Waals surface area contributed by atoms with E-state index in [1.807, 2.05) is 0 Å². The fourth-order valence-electron chi connectivity index (χ4n) is 2.46. The van der Waals surface area contributed by atoms with Gasteiger partial charge in [-0.05, 0) is 29.6 Å². The van der Waals surface area contributed by atoms with Gasteiger partial charge in [-0.25, -0.2) is 18.4 Å². The minimum atomic E-state index is -4.15. The molecule has 2 aromatic heterocycles. The molecule has 0 amide bonds. The van der Waals surface area contributed by atoms with E-state index in [9.17, 15) is 18.3 Å². The van der Waals surface area contributed by atoms with Crippen molar-refractivity contribution in [2.75, 3.05) is 11.9 Å². The average Bonchev–Trinajstić information content (AvgIpc) is 3.25. The van der Waals surface area contributed by atoms with Crippen LogP contribution in [-0.2, 0) is 10.0 Å². The summed E-state index contributed by atoms with van der Waals surface area (Å²) in [5, 5.41) is 16.5. The van der Waals surface area contributed by atoms with Crippen LogP contribution in [0.1, 0.15) is 10.4 Å². The monoisotopic (exact) mass is 378 g/mol. The van der Waals surface area contributed by atoms with E-state index < -0.39 is 16.0 Å². The summed E-state index contributed by atoms with van der Waals surface area (Å²) in [5.41, 5.74) is 0.514. The van der Waals surface area contributed by atoms with E-state index in [0.29, 0.717) is 22.0 Å². The lowest BCUT2D eigenvalue weighted by molar-refractivity contribution is 0.0696. The van der Waals surface area contributed by atoms with Crippen LogP contribution in [0.3, 0.4) is 0 Å². The molecule has 0 saturated heterocycles. The second-order valence-electron chi connectivity index (χ2n) is 5.21. The Bertz CT molecular complexity index is 1010. The number of hydrogen-bond donors (Lipinski definition) is 2. The minimum Gasteiger partial charge on any atom is -0.478 e. The molecule has 3 aromatic rings. The quantitative estimate of drug-likeness (QED) is 0.705. The first kappa shape index (κ1) is 17.2. The molecule has 9 heteroatoms. The highest BCUT2D eigenvalue weighted by Gasteiger charge is 2.25. The second kappa shape index (κ2) is 6.36. The lowest BCUT2D eigenvalue weighted by Crippen LogP contribution is -2.18. The topological polar surface area (TPSA) is 114 Å². The number of sulfonamides is 1. The Hall–Kier alpha value is -2.62. The molecule has 0 radical (unpaired) electrons. The largest absolute Gasteiger partial charge is 0.478 e. The molecule has 0 spiro atoms. The predicted octanol–water partition coefficient (Wildman–Crippen LogP) is 3.12. The number of carbonyl (C=O) groups is 1. The molecule has 0 saturated carbocycles. The fourth-order valence-corrected chi connectivity index (χ4v) is 4.11. The Morgan fingerprint density at radius 3 is 2.56 bits per heavy atom. The van der Waals surface area contributed by atoms with E-state index in [1.165, 1.54) is 23.7 Å². The summed E-state index contributed by atoms with van der Waals surface area (Å²) in [6.45, 7) is 0. The van der Waals surface area contributed by atoms with Crippen LogP contribution in [0, 0.1) is 0 Å². The molecule has 0 unspecified atom stereocenters. The Balaban J connectivity index is 2.38. The van der Waals surface area contributed by atoms with Crippen LogP contribution in [0.15, 0.2) is 57.4 Å². The molecule has 2 heterocycles. The summed E-state index contributed by atoms with van der Waals surface area (Å²) in [5.74, 6) is -0.822. The molecule has 0 atom stereocenters. The van der Waals surface area contributed by atoms with Gasteiger partial charge in [-0.15, -0.1) is 11.3 Å². The predicted molar refractivity (Wildman–Crippen MR) is 94.9 cm³/mol. The van der Waals surface area contributed by atoms with Gasteiger partial charge >= 0.3 is 5.97 Å². The molecular weight excluding hydrogens is 364 g/mol. The van der Waals surface area contributed by atoms with Crippen molar-refractivity contribution >= 4 is 38.9 Å². The van der Waals surface area contributed by atoms with E-state index in [0.717, 1.165) is 6.07 Å². The summed E-state index contributed by atoms with van der Waals surface area (Å²) in [6.07, 6.45) is 1.47. The van der Waals surface area contributed by atoms with E-state index in [1.54, 1.807) is 41.6 Å². The first-order valence-electron chi connectivity index (χ1n) is 7.04. The molecule has 0 aliphatic carbocycles. The number of rotatable bonds is 5. The van der Waals surface area contributed by atoms with E-state index in [-0.39, 0.29) is 10.5 Å². The van der Waals surface area contributed by atoms with Gasteiger partial charge in [0.05, 0.1) is 22.4 Å². The Kier molecular flexibility index (Phi) is 4.38. The Morgan fingerprint density at radius 1 is 1.28 bits per heavy atom. The maximum atomic E-state index is 12.1.